The third-order valence-electron chi connectivity index (χ3n) is 4.61. The highest BCUT2D eigenvalue weighted by atomic mass is 19.1. The second-order valence-electron chi connectivity index (χ2n) is 6.09. The van der Waals surface area contributed by atoms with E-state index in [0.29, 0.717) is 11.8 Å². The van der Waals surface area contributed by atoms with Crippen LogP contribution in [0.1, 0.15) is 51.0 Å². The van der Waals surface area contributed by atoms with Crippen molar-refractivity contribution >= 4 is 0 Å². The molecule has 0 aromatic heterocycles. The summed E-state index contributed by atoms with van der Waals surface area (Å²) in [5.41, 5.74) is 1.06. The molecule has 1 atom stereocenters. The molecule has 0 bridgehead atoms. The number of nitrogens with one attached hydrogen (secondary N) is 1. The summed E-state index contributed by atoms with van der Waals surface area (Å²) in [6, 6.07) is 5.81. The van der Waals surface area contributed by atoms with Gasteiger partial charge in [0.25, 0.3) is 0 Å². The summed E-state index contributed by atoms with van der Waals surface area (Å²) in [5.74, 6) is 0.789. The Morgan fingerprint density at radius 1 is 1.24 bits per heavy atom. The molecule has 3 heteroatoms. The number of rotatable bonds is 6. The van der Waals surface area contributed by atoms with Crippen molar-refractivity contribution in [1.82, 2.24) is 5.32 Å². The molecule has 118 valence electrons. The van der Waals surface area contributed by atoms with Crippen molar-refractivity contribution in [3.63, 3.8) is 0 Å². The molecule has 0 heterocycles. The van der Waals surface area contributed by atoms with Crippen LogP contribution in [0, 0.1) is 11.7 Å². The molecule has 21 heavy (non-hydrogen) atoms. The maximum atomic E-state index is 13.8. The van der Waals surface area contributed by atoms with E-state index in [1.54, 1.807) is 12.1 Å². The minimum atomic E-state index is -0.258. The summed E-state index contributed by atoms with van der Waals surface area (Å²) in [6.07, 6.45) is 8.91. The number of benzene rings is 1. The van der Waals surface area contributed by atoms with Crippen molar-refractivity contribution < 1.29 is 9.13 Å². The van der Waals surface area contributed by atoms with Gasteiger partial charge in [0.1, 0.15) is 0 Å². The molecule has 2 nitrogen and oxygen atoms in total. The number of halogens is 1. The van der Waals surface area contributed by atoms with E-state index in [9.17, 15) is 4.39 Å². The maximum absolute atomic E-state index is 13.8. The normalized spacial score (nSPS) is 18.2. The van der Waals surface area contributed by atoms with Crippen molar-refractivity contribution in [1.29, 1.82) is 0 Å². The molecule has 2 rings (SSSR count). The fraction of sp³-hybridized carbons (Fsp3) is 0.667. The van der Waals surface area contributed by atoms with Crippen LogP contribution in [0.25, 0.3) is 0 Å². The topological polar surface area (TPSA) is 21.3 Å². The lowest BCUT2D eigenvalue weighted by Crippen LogP contribution is -2.38. The molecule has 0 spiro atoms. The van der Waals surface area contributed by atoms with Crippen LogP contribution in [0.15, 0.2) is 18.2 Å². The monoisotopic (exact) mass is 293 g/mol. The Morgan fingerprint density at radius 3 is 2.52 bits per heavy atom. The first kappa shape index (κ1) is 16.3. The molecule has 1 fully saturated rings. The molecule has 1 unspecified atom stereocenters. The van der Waals surface area contributed by atoms with Crippen LogP contribution in [-0.2, 0) is 6.42 Å². The summed E-state index contributed by atoms with van der Waals surface area (Å²) in [5, 5.41) is 3.62. The van der Waals surface area contributed by atoms with E-state index in [1.807, 2.05) is 6.07 Å². The Kier molecular flexibility index (Phi) is 6.50. The largest absolute Gasteiger partial charge is 0.494 e. The minimum absolute atomic E-state index is 0.258. The molecule has 0 radical (unpaired) electrons. The van der Waals surface area contributed by atoms with Gasteiger partial charge in [-0.1, -0.05) is 38.7 Å². The average molecular weight is 293 g/mol. The van der Waals surface area contributed by atoms with Crippen LogP contribution in [0.5, 0.6) is 5.75 Å². The van der Waals surface area contributed by atoms with Gasteiger partial charge in [-0.2, -0.15) is 0 Å². The number of hydrogen-bond acceptors (Lipinski definition) is 2. The fourth-order valence-electron chi connectivity index (χ4n) is 3.47. The average Bonchev–Trinajstić information content (AvgIpc) is 2.76. The van der Waals surface area contributed by atoms with E-state index >= 15 is 0 Å². The van der Waals surface area contributed by atoms with Crippen molar-refractivity contribution in [2.45, 2.75) is 57.9 Å². The standard InChI is InChI=1S/C18H28FNO/c1-3-20-17(15-8-6-4-5-7-9-15)13-14-10-11-18(21-2)16(19)12-14/h10-12,15,17,20H,3-9,13H2,1-2H3. The van der Waals surface area contributed by atoms with Gasteiger partial charge in [-0.15, -0.1) is 0 Å². The lowest BCUT2D eigenvalue weighted by atomic mass is 9.87. The molecular weight excluding hydrogens is 265 g/mol. The van der Waals surface area contributed by atoms with Crippen molar-refractivity contribution in [2.75, 3.05) is 13.7 Å². The Bertz CT molecular complexity index is 427. The molecule has 1 aromatic carbocycles. The van der Waals surface area contributed by atoms with Crippen LogP contribution in [0.4, 0.5) is 4.39 Å². The van der Waals surface area contributed by atoms with Gasteiger partial charge in [0.05, 0.1) is 7.11 Å². The van der Waals surface area contributed by atoms with E-state index in [4.69, 9.17) is 4.74 Å². The zero-order valence-electron chi connectivity index (χ0n) is 13.3. The summed E-state index contributed by atoms with van der Waals surface area (Å²) < 4.78 is 18.8. The number of methoxy groups -OCH3 is 1. The van der Waals surface area contributed by atoms with E-state index in [0.717, 1.165) is 24.4 Å². The van der Waals surface area contributed by atoms with Crippen LogP contribution in [-0.4, -0.2) is 19.7 Å². The van der Waals surface area contributed by atoms with Crippen LogP contribution in [0.2, 0.25) is 0 Å². The highest BCUT2D eigenvalue weighted by Gasteiger charge is 2.22. The van der Waals surface area contributed by atoms with Gasteiger partial charge in [-0.25, -0.2) is 4.39 Å². The van der Waals surface area contributed by atoms with Crippen molar-refractivity contribution in [2.24, 2.45) is 5.92 Å². The summed E-state index contributed by atoms with van der Waals surface area (Å²) in [4.78, 5) is 0. The zero-order chi connectivity index (χ0) is 15.1. The molecule has 1 aliphatic carbocycles. The molecule has 1 aromatic rings. The van der Waals surface area contributed by atoms with Crippen molar-refractivity contribution in [3.8, 4) is 5.75 Å². The lowest BCUT2D eigenvalue weighted by Gasteiger charge is -2.27. The van der Waals surface area contributed by atoms with E-state index in [2.05, 4.69) is 12.2 Å². The van der Waals surface area contributed by atoms with Gasteiger partial charge in [-0.3, -0.25) is 0 Å². The predicted octanol–water partition coefficient (Wildman–Crippen LogP) is 4.33. The van der Waals surface area contributed by atoms with E-state index in [1.165, 1.54) is 45.6 Å². The first-order chi connectivity index (χ1) is 10.2. The van der Waals surface area contributed by atoms with E-state index < -0.39 is 0 Å². The molecule has 1 aliphatic rings. The summed E-state index contributed by atoms with van der Waals surface area (Å²) >= 11 is 0. The van der Waals surface area contributed by atoms with Gasteiger partial charge in [-0.05, 0) is 49.4 Å². The van der Waals surface area contributed by atoms with Crippen molar-refractivity contribution in [3.05, 3.63) is 29.6 Å². The van der Waals surface area contributed by atoms with Gasteiger partial charge < -0.3 is 10.1 Å². The first-order valence-electron chi connectivity index (χ1n) is 8.30. The van der Waals surface area contributed by atoms with Crippen LogP contribution < -0.4 is 10.1 Å². The molecule has 0 amide bonds. The summed E-state index contributed by atoms with van der Waals surface area (Å²) in [6.45, 7) is 3.12. The Balaban J connectivity index is 2.05. The lowest BCUT2D eigenvalue weighted by molar-refractivity contribution is 0.321. The molecular formula is C18H28FNO. The Labute approximate surface area is 128 Å². The second kappa shape index (κ2) is 8.38. The van der Waals surface area contributed by atoms with Crippen LogP contribution >= 0.6 is 0 Å². The minimum Gasteiger partial charge on any atom is -0.494 e. The molecule has 0 aliphatic heterocycles. The van der Waals surface area contributed by atoms with Gasteiger partial charge in [0, 0.05) is 6.04 Å². The zero-order valence-corrected chi connectivity index (χ0v) is 13.3. The third kappa shape index (κ3) is 4.70. The molecule has 1 N–H and O–H groups in total. The Hall–Kier alpha value is -1.09. The molecule has 1 saturated carbocycles. The number of hydrogen-bond donors (Lipinski definition) is 1. The highest BCUT2D eigenvalue weighted by molar-refractivity contribution is 5.29. The van der Waals surface area contributed by atoms with Crippen LogP contribution in [0.3, 0.4) is 0 Å². The second-order valence-corrected chi connectivity index (χ2v) is 6.09. The maximum Gasteiger partial charge on any atom is 0.165 e. The summed E-state index contributed by atoms with van der Waals surface area (Å²) in [7, 11) is 1.51. The number of likely N-dealkylation sites (N-methyl/N-ethyl adjacent to an activating group) is 1. The van der Waals surface area contributed by atoms with Gasteiger partial charge >= 0.3 is 0 Å². The SMILES string of the molecule is CCNC(Cc1ccc(OC)c(F)c1)C1CCCCCC1. The predicted molar refractivity (Wildman–Crippen MR) is 85.3 cm³/mol. The third-order valence-corrected chi connectivity index (χ3v) is 4.61. The smallest absolute Gasteiger partial charge is 0.165 e. The first-order valence-corrected chi connectivity index (χ1v) is 8.30. The Morgan fingerprint density at radius 2 is 1.95 bits per heavy atom. The van der Waals surface area contributed by atoms with E-state index in [-0.39, 0.29) is 5.82 Å². The number of ether oxygens (including phenoxy) is 1. The molecule has 0 saturated heterocycles. The van der Waals surface area contributed by atoms with Gasteiger partial charge in [0.2, 0.25) is 0 Å². The fourth-order valence-corrected chi connectivity index (χ4v) is 3.47. The highest BCUT2D eigenvalue weighted by Crippen LogP contribution is 2.28. The van der Waals surface area contributed by atoms with Gasteiger partial charge in [0.15, 0.2) is 11.6 Å². The quantitative estimate of drug-likeness (QED) is 0.788.